The second-order valence-electron chi connectivity index (χ2n) is 18.8. The first-order valence-corrected chi connectivity index (χ1v) is 25.1. The molecule has 0 amide bonds. The summed E-state index contributed by atoms with van der Waals surface area (Å²) in [5.74, 6) is 0. The molecule has 3 nitrogen and oxygen atoms in total. The topological polar surface area (TPSA) is 13.1 Å². The smallest absolute Gasteiger partial charge is 0.0620 e. The van der Waals surface area contributed by atoms with E-state index in [4.69, 9.17) is 0 Å². The number of hydrogen-bond acceptors (Lipinski definition) is 1. The Labute approximate surface area is 424 Å². The Morgan fingerprint density at radius 2 is 0.781 bits per heavy atom. The van der Waals surface area contributed by atoms with E-state index in [9.17, 15) is 0 Å². The molecular formula is C70H47N3. The zero-order chi connectivity index (χ0) is 48.2. The summed E-state index contributed by atoms with van der Waals surface area (Å²) in [5, 5.41) is 8.47. The van der Waals surface area contributed by atoms with Gasteiger partial charge < -0.3 is 14.0 Å². The summed E-state index contributed by atoms with van der Waals surface area (Å²) < 4.78 is 4.92. The van der Waals surface area contributed by atoms with Crippen molar-refractivity contribution < 1.29 is 0 Å². The zero-order valence-corrected chi connectivity index (χ0v) is 40.0. The predicted octanol–water partition coefficient (Wildman–Crippen LogP) is 19.2. The highest BCUT2D eigenvalue weighted by Gasteiger charge is 2.26. The van der Waals surface area contributed by atoms with Gasteiger partial charge in [0, 0.05) is 55.2 Å². The van der Waals surface area contributed by atoms with Gasteiger partial charge >= 0.3 is 0 Å². The third-order valence-corrected chi connectivity index (χ3v) is 14.7. The summed E-state index contributed by atoms with van der Waals surface area (Å²) in [7, 11) is 0. The Morgan fingerprint density at radius 3 is 1.48 bits per heavy atom. The van der Waals surface area contributed by atoms with Gasteiger partial charge in [0.05, 0.1) is 27.9 Å². The van der Waals surface area contributed by atoms with Gasteiger partial charge in [-0.3, -0.25) is 0 Å². The van der Waals surface area contributed by atoms with Crippen LogP contribution in [0.15, 0.2) is 285 Å². The number of rotatable bonds is 9. The first-order valence-electron chi connectivity index (χ1n) is 25.1. The van der Waals surface area contributed by atoms with Gasteiger partial charge in [-0.15, -0.1) is 0 Å². The molecule has 12 aromatic carbocycles. The first kappa shape index (κ1) is 42.2. The summed E-state index contributed by atoms with van der Waals surface area (Å²) >= 11 is 0. The van der Waals surface area contributed by atoms with E-state index < -0.39 is 0 Å². The third-order valence-electron chi connectivity index (χ3n) is 14.7. The van der Waals surface area contributed by atoms with Crippen molar-refractivity contribution >= 4 is 71.3 Å². The van der Waals surface area contributed by atoms with Crippen molar-refractivity contribution in [3.05, 3.63) is 285 Å². The molecule has 0 aliphatic heterocycles. The Hall–Kier alpha value is -9.70. The molecule has 2 heterocycles. The number of nitrogens with zero attached hydrogens (tertiary/aromatic N) is 3. The van der Waals surface area contributed by atoms with Crippen LogP contribution in [0.3, 0.4) is 0 Å². The van der Waals surface area contributed by atoms with Gasteiger partial charge in [-0.05, 0) is 117 Å². The molecule has 0 radical (unpaired) electrons. The minimum atomic E-state index is 1.08. The molecule has 342 valence electrons. The van der Waals surface area contributed by atoms with Crippen molar-refractivity contribution in [1.29, 1.82) is 0 Å². The van der Waals surface area contributed by atoms with Gasteiger partial charge in [-0.1, -0.05) is 212 Å². The highest BCUT2D eigenvalue weighted by Crippen LogP contribution is 2.49. The van der Waals surface area contributed by atoms with Crippen molar-refractivity contribution in [2.24, 2.45) is 0 Å². The number of para-hydroxylation sites is 2. The fraction of sp³-hybridized carbons (Fsp3) is 0. The summed E-state index contributed by atoms with van der Waals surface area (Å²) in [6.45, 7) is 0. The molecule has 73 heavy (non-hydrogen) atoms. The van der Waals surface area contributed by atoms with Crippen LogP contribution in [-0.4, -0.2) is 9.13 Å². The summed E-state index contributed by atoms with van der Waals surface area (Å²) in [4.78, 5) is 2.40. The van der Waals surface area contributed by atoms with Crippen LogP contribution in [0.25, 0.3) is 110 Å². The summed E-state index contributed by atoms with van der Waals surface area (Å²) in [6, 6.07) is 104. The van der Waals surface area contributed by atoms with Crippen LogP contribution in [0.5, 0.6) is 0 Å². The Balaban J connectivity index is 0.978. The highest BCUT2D eigenvalue weighted by atomic mass is 15.1. The second-order valence-corrected chi connectivity index (χ2v) is 18.8. The van der Waals surface area contributed by atoms with Gasteiger partial charge in [-0.2, -0.15) is 0 Å². The molecule has 0 saturated carbocycles. The van der Waals surface area contributed by atoms with E-state index in [0.29, 0.717) is 0 Å². The second kappa shape index (κ2) is 17.6. The molecule has 0 aliphatic rings. The SMILES string of the molecule is c1ccc(-c2ccc(N(c3ccc(-c4cc5c(-c6ccccc6)c(-c6ccccc6)n(-c6cccc7ccccc67)c5c5ccccc45)cc3)c3ccc4c(c3)c3ccccc3n4-c3ccccc3)cc2)cc1. The van der Waals surface area contributed by atoms with Gasteiger partial charge in [0.15, 0.2) is 0 Å². The Bertz CT molecular complexity index is 4320. The average molecular weight is 930 g/mol. The van der Waals surface area contributed by atoms with Crippen molar-refractivity contribution in [3.63, 3.8) is 0 Å². The van der Waals surface area contributed by atoms with E-state index in [-0.39, 0.29) is 0 Å². The minimum absolute atomic E-state index is 1.08. The van der Waals surface area contributed by atoms with Gasteiger partial charge in [-0.25, -0.2) is 0 Å². The van der Waals surface area contributed by atoms with Crippen molar-refractivity contribution in [3.8, 4) is 56.0 Å². The molecule has 2 aromatic heterocycles. The molecule has 0 spiro atoms. The first-order chi connectivity index (χ1) is 36.2. The van der Waals surface area contributed by atoms with Gasteiger partial charge in [0.2, 0.25) is 0 Å². The van der Waals surface area contributed by atoms with Crippen LogP contribution in [0, 0.1) is 0 Å². The van der Waals surface area contributed by atoms with E-state index in [1.165, 1.54) is 93.3 Å². The van der Waals surface area contributed by atoms with Crippen LogP contribution in [-0.2, 0) is 0 Å². The maximum atomic E-state index is 2.54. The summed E-state index contributed by atoms with van der Waals surface area (Å²) in [5.41, 5.74) is 18.6. The van der Waals surface area contributed by atoms with Crippen molar-refractivity contribution in [2.45, 2.75) is 0 Å². The maximum absolute atomic E-state index is 2.54. The standard InChI is InChI=1S/C70H47N3/c1-5-20-48(21-6-1)49-36-40-55(41-37-49)71(57-44-45-67-63(46-57)60-32-17-18-34-66(60)72(67)54-28-11-4-12-29-54)56-42-38-51(39-43-56)62-47-64-68(52-23-7-2-8-24-52)69(53-25-9-3-10-26-53)73(70(64)61-33-16-15-31-59(61)62)65-35-19-27-50-22-13-14-30-58(50)65/h1-47H. The molecule has 0 bridgehead atoms. The van der Waals surface area contributed by atoms with Crippen LogP contribution in [0.2, 0.25) is 0 Å². The molecule has 14 rings (SSSR count). The van der Waals surface area contributed by atoms with Crippen molar-refractivity contribution in [1.82, 2.24) is 9.13 Å². The van der Waals surface area contributed by atoms with E-state index >= 15 is 0 Å². The normalized spacial score (nSPS) is 11.6. The van der Waals surface area contributed by atoms with Gasteiger partial charge in [0.1, 0.15) is 0 Å². The van der Waals surface area contributed by atoms with Crippen LogP contribution in [0.1, 0.15) is 0 Å². The Kier molecular flexibility index (Phi) is 10.2. The summed E-state index contributed by atoms with van der Waals surface area (Å²) in [6.07, 6.45) is 0. The number of hydrogen-bond donors (Lipinski definition) is 0. The zero-order valence-electron chi connectivity index (χ0n) is 40.0. The number of aromatic nitrogens is 2. The molecule has 0 aliphatic carbocycles. The lowest BCUT2D eigenvalue weighted by Crippen LogP contribution is -2.10. The molecule has 3 heteroatoms. The molecular weight excluding hydrogens is 883 g/mol. The fourth-order valence-electron chi connectivity index (χ4n) is 11.4. The lowest BCUT2D eigenvalue weighted by Gasteiger charge is -2.26. The lowest BCUT2D eigenvalue weighted by atomic mass is 9.92. The van der Waals surface area contributed by atoms with E-state index in [2.05, 4.69) is 299 Å². The molecule has 0 N–H and O–H groups in total. The van der Waals surface area contributed by atoms with Gasteiger partial charge in [0.25, 0.3) is 0 Å². The van der Waals surface area contributed by atoms with Crippen molar-refractivity contribution in [2.75, 3.05) is 4.90 Å². The van der Waals surface area contributed by atoms with Crippen LogP contribution in [0.4, 0.5) is 17.1 Å². The molecule has 0 atom stereocenters. The maximum Gasteiger partial charge on any atom is 0.0620 e. The van der Waals surface area contributed by atoms with Crippen LogP contribution >= 0.6 is 0 Å². The lowest BCUT2D eigenvalue weighted by molar-refractivity contribution is 1.16. The molecule has 14 aromatic rings. The highest BCUT2D eigenvalue weighted by molar-refractivity contribution is 6.20. The quantitative estimate of drug-likeness (QED) is 0.141. The van der Waals surface area contributed by atoms with E-state index in [1.54, 1.807) is 0 Å². The average Bonchev–Trinajstić information content (AvgIpc) is 4.02. The molecule has 0 unspecified atom stereocenters. The Morgan fingerprint density at radius 1 is 0.274 bits per heavy atom. The molecule has 0 saturated heterocycles. The molecule has 0 fully saturated rings. The van der Waals surface area contributed by atoms with E-state index in [0.717, 1.165) is 34.0 Å². The monoisotopic (exact) mass is 929 g/mol. The third kappa shape index (κ3) is 7.13. The number of fused-ring (bicyclic) bond motifs is 7. The predicted molar refractivity (Wildman–Crippen MR) is 309 cm³/mol. The number of benzene rings is 12. The number of anilines is 3. The van der Waals surface area contributed by atoms with E-state index in [1.807, 2.05) is 0 Å². The minimum Gasteiger partial charge on any atom is -0.310 e. The van der Waals surface area contributed by atoms with Crippen LogP contribution < -0.4 is 4.90 Å². The largest absolute Gasteiger partial charge is 0.310 e. The fourth-order valence-corrected chi connectivity index (χ4v) is 11.4.